The Morgan fingerprint density at radius 2 is 1.85 bits per heavy atom. The molecule has 1 unspecified atom stereocenters. The van der Waals surface area contributed by atoms with Crippen LogP contribution in [0.2, 0.25) is 0 Å². The lowest BCUT2D eigenvalue weighted by Gasteiger charge is -2.13. The molecule has 0 spiro atoms. The number of rotatable bonds is 4. The zero-order chi connectivity index (χ0) is 14.9. The predicted octanol–water partition coefficient (Wildman–Crippen LogP) is 1.09. The smallest absolute Gasteiger partial charge is 0.451 e. The van der Waals surface area contributed by atoms with E-state index in [9.17, 15) is 22.8 Å². The van der Waals surface area contributed by atoms with Gasteiger partial charge in [0, 0.05) is 12.4 Å². The SMILES string of the molecule is O=C(NC(C(=O)O)C1CC1)c1cnc(C(F)(F)F)nc1. The number of carbonyl (C=O) groups is 2. The molecule has 1 saturated carbocycles. The van der Waals surface area contributed by atoms with Gasteiger partial charge in [-0.1, -0.05) is 0 Å². The van der Waals surface area contributed by atoms with Crippen LogP contribution in [0.4, 0.5) is 13.2 Å². The lowest BCUT2D eigenvalue weighted by atomic mass is 10.1. The lowest BCUT2D eigenvalue weighted by molar-refractivity contribution is -0.145. The van der Waals surface area contributed by atoms with Crippen LogP contribution in [0.3, 0.4) is 0 Å². The van der Waals surface area contributed by atoms with E-state index in [0.717, 1.165) is 12.4 Å². The molecule has 1 atom stereocenters. The quantitative estimate of drug-likeness (QED) is 0.865. The molecular weight excluding hydrogens is 279 g/mol. The first kappa shape index (κ1) is 14.2. The van der Waals surface area contributed by atoms with E-state index >= 15 is 0 Å². The van der Waals surface area contributed by atoms with Gasteiger partial charge in [0.2, 0.25) is 5.82 Å². The third-order valence-electron chi connectivity index (χ3n) is 2.81. The molecule has 0 bridgehead atoms. The average molecular weight is 289 g/mol. The second-order valence-corrected chi connectivity index (χ2v) is 4.42. The summed E-state index contributed by atoms with van der Waals surface area (Å²) in [6.07, 6.45) is -1.86. The lowest BCUT2D eigenvalue weighted by Crippen LogP contribution is -2.42. The molecule has 1 aromatic rings. The van der Waals surface area contributed by atoms with Gasteiger partial charge in [-0.2, -0.15) is 13.2 Å². The summed E-state index contributed by atoms with van der Waals surface area (Å²) >= 11 is 0. The van der Waals surface area contributed by atoms with E-state index in [2.05, 4.69) is 15.3 Å². The molecule has 1 heterocycles. The maximum Gasteiger partial charge on any atom is 0.451 e. The Hall–Kier alpha value is -2.19. The maximum absolute atomic E-state index is 12.2. The first-order valence-corrected chi connectivity index (χ1v) is 5.72. The number of nitrogens with one attached hydrogen (secondary N) is 1. The number of amides is 1. The molecule has 1 aromatic heterocycles. The summed E-state index contributed by atoms with van der Waals surface area (Å²) in [4.78, 5) is 28.7. The largest absolute Gasteiger partial charge is 0.480 e. The van der Waals surface area contributed by atoms with Crippen molar-refractivity contribution in [3.05, 3.63) is 23.8 Å². The third kappa shape index (κ3) is 3.22. The van der Waals surface area contributed by atoms with Gasteiger partial charge >= 0.3 is 12.1 Å². The zero-order valence-corrected chi connectivity index (χ0v) is 10.0. The van der Waals surface area contributed by atoms with Crippen molar-refractivity contribution in [1.29, 1.82) is 0 Å². The van der Waals surface area contributed by atoms with Crippen LogP contribution in [0.25, 0.3) is 0 Å². The Morgan fingerprint density at radius 1 is 1.30 bits per heavy atom. The van der Waals surface area contributed by atoms with Crippen molar-refractivity contribution < 1.29 is 27.9 Å². The summed E-state index contributed by atoms with van der Waals surface area (Å²) < 4.78 is 36.7. The number of carboxylic acid groups (broad SMARTS) is 1. The number of halogens is 3. The molecule has 1 aliphatic rings. The van der Waals surface area contributed by atoms with E-state index in [0.29, 0.717) is 12.8 Å². The van der Waals surface area contributed by atoms with Crippen molar-refractivity contribution in [3.8, 4) is 0 Å². The molecule has 2 N–H and O–H groups in total. The molecule has 2 rings (SSSR count). The van der Waals surface area contributed by atoms with Gasteiger partial charge < -0.3 is 10.4 Å². The fourth-order valence-electron chi connectivity index (χ4n) is 1.63. The Morgan fingerprint density at radius 3 is 2.25 bits per heavy atom. The summed E-state index contributed by atoms with van der Waals surface area (Å²) in [7, 11) is 0. The second-order valence-electron chi connectivity index (χ2n) is 4.42. The van der Waals surface area contributed by atoms with E-state index in [-0.39, 0.29) is 11.5 Å². The Kier molecular flexibility index (Phi) is 3.60. The molecule has 0 saturated heterocycles. The molecule has 0 radical (unpaired) electrons. The van der Waals surface area contributed by atoms with Gasteiger partial charge in [0.05, 0.1) is 5.56 Å². The van der Waals surface area contributed by atoms with Crippen LogP contribution in [-0.2, 0) is 11.0 Å². The van der Waals surface area contributed by atoms with E-state index in [4.69, 9.17) is 5.11 Å². The van der Waals surface area contributed by atoms with Crippen molar-refractivity contribution in [1.82, 2.24) is 15.3 Å². The van der Waals surface area contributed by atoms with Crippen LogP contribution in [0, 0.1) is 5.92 Å². The number of hydrogen-bond acceptors (Lipinski definition) is 4. The summed E-state index contributed by atoms with van der Waals surface area (Å²) in [6.45, 7) is 0. The fraction of sp³-hybridized carbons (Fsp3) is 0.455. The van der Waals surface area contributed by atoms with Crippen molar-refractivity contribution >= 4 is 11.9 Å². The van der Waals surface area contributed by atoms with Crippen LogP contribution in [0.1, 0.15) is 29.0 Å². The van der Waals surface area contributed by atoms with E-state index in [1.165, 1.54) is 0 Å². The number of nitrogens with zero attached hydrogens (tertiary/aromatic N) is 2. The molecule has 108 valence electrons. The monoisotopic (exact) mass is 289 g/mol. The van der Waals surface area contributed by atoms with Crippen molar-refractivity contribution in [2.24, 2.45) is 5.92 Å². The minimum atomic E-state index is -4.69. The highest BCUT2D eigenvalue weighted by Gasteiger charge is 2.38. The normalized spacial score (nSPS) is 16.6. The van der Waals surface area contributed by atoms with Crippen LogP contribution in [0.15, 0.2) is 12.4 Å². The molecule has 0 aliphatic heterocycles. The highest BCUT2D eigenvalue weighted by molar-refractivity contribution is 5.96. The Balaban J connectivity index is 2.07. The summed E-state index contributed by atoms with van der Waals surface area (Å²) in [5, 5.41) is 11.2. The van der Waals surface area contributed by atoms with E-state index < -0.39 is 29.9 Å². The first-order valence-electron chi connectivity index (χ1n) is 5.72. The summed E-state index contributed by atoms with van der Waals surface area (Å²) in [5.41, 5.74) is -0.218. The summed E-state index contributed by atoms with van der Waals surface area (Å²) in [6, 6.07) is -1.04. The highest BCUT2D eigenvalue weighted by Crippen LogP contribution is 2.32. The van der Waals surface area contributed by atoms with Crippen molar-refractivity contribution in [2.75, 3.05) is 0 Å². The number of carboxylic acids is 1. The van der Waals surface area contributed by atoms with Crippen LogP contribution < -0.4 is 5.32 Å². The van der Waals surface area contributed by atoms with Gasteiger partial charge in [-0.3, -0.25) is 4.79 Å². The number of alkyl halides is 3. The molecular formula is C11H10F3N3O3. The standard InChI is InChI=1S/C11H10F3N3O3/c12-11(13,14)10-15-3-6(4-16-10)8(18)17-7(9(19)20)5-1-2-5/h3-5,7H,1-2H2,(H,17,18)(H,19,20). The molecule has 0 aromatic carbocycles. The van der Waals surface area contributed by atoms with Gasteiger partial charge in [0.25, 0.3) is 5.91 Å². The minimum Gasteiger partial charge on any atom is -0.480 e. The van der Waals surface area contributed by atoms with Gasteiger partial charge in [-0.15, -0.1) is 0 Å². The average Bonchev–Trinajstić information content (AvgIpc) is 3.18. The number of aliphatic carboxylic acids is 1. The second kappa shape index (κ2) is 5.06. The van der Waals surface area contributed by atoms with Gasteiger partial charge in [-0.25, -0.2) is 14.8 Å². The molecule has 6 nitrogen and oxygen atoms in total. The van der Waals surface area contributed by atoms with Crippen molar-refractivity contribution in [3.63, 3.8) is 0 Å². The van der Waals surface area contributed by atoms with Crippen LogP contribution in [0.5, 0.6) is 0 Å². The number of carbonyl (C=O) groups excluding carboxylic acids is 1. The molecule has 9 heteroatoms. The number of aromatic nitrogens is 2. The van der Waals surface area contributed by atoms with Crippen molar-refractivity contribution in [2.45, 2.75) is 25.1 Å². The maximum atomic E-state index is 12.2. The van der Waals surface area contributed by atoms with Gasteiger partial charge in [0.15, 0.2) is 0 Å². The highest BCUT2D eigenvalue weighted by atomic mass is 19.4. The Bertz CT molecular complexity index is 526. The summed E-state index contributed by atoms with van der Waals surface area (Å²) in [5.74, 6) is -3.47. The fourth-order valence-corrected chi connectivity index (χ4v) is 1.63. The third-order valence-corrected chi connectivity index (χ3v) is 2.81. The predicted molar refractivity (Wildman–Crippen MR) is 58.6 cm³/mol. The molecule has 1 amide bonds. The van der Waals surface area contributed by atoms with Gasteiger partial charge in [-0.05, 0) is 18.8 Å². The zero-order valence-electron chi connectivity index (χ0n) is 10.0. The minimum absolute atomic E-state index is 0.133. The van der Waals surface area contributed by atoms with E-state index in [1.54, 1.807) is 0 Å². The molecule has 1 aliphatic carbocycles. The van der Waals surface area contributed by atoms with Crippen LogP contribution >= 0.6 is 0 Å². The molecule has 20 heavy (non-hydrogen) atoms. The van der Waals surface area contributed by atoms with Gasteiger partial charge in [0.1, 0.15) is 6.04 Å². The number of hydrogen-bond donors (Lipinski definition) is 2. The first-order chi connectivity index (χ1) is 9.29. The topological polar surface area (TPSA) is 92.2 Å². The Labute approximate surface area is 111 Å². The van der Waals surface area contributed by atoms with E-state index in [1.807, 2.05) is 0 Å². The van der Waals surface area contributed by atoms with Crippen LogP contribution in [-0.4, -0.2) is 33.0 Å². The molecule has 1 fully saturated rings.